The topological polar surface area (TPSA) is 74.6 Å². The van der Waals surface area contributed by atoms with Crippen LogP contribution in [0.1, 0.15) is 65.2 Å². The van der Waals surface area contributed by atoms with E-state index in [0.717, 1.165) is 6.42 Å². The molecule has 1 aliphatic carbocycles. The first kappa shape index (κ1) is 22.1. The van der Waals surface area contributed by atoms with Crippen LogP contribution in [0.3, 0.4) is 0 Å². The normalized spacial score (nSPS) is 21.6. The molecule has 0 aromatic heterocycles. The molecule has 0 aromatic carbocycles. The van der Waals surface area contributed by atoms with Crippen molar-refractivity contribution in [2.45, 2.75) is 70.8 Å². The van der Waals surface area contributed by atoms with E-state index in [4.69, 9.17) is 5.11 Å². The average Bonchev–Trinajstić information content (AvgIpc) is 2.97. The van der Waals surface area contributed by atoms with E-state index in [-0.39, 0.29) is 30.5 Å². The number of carboxylic acid groups (broad SMARTS) is 1. The number of allylic oxidation sites excluding steroid dienone is 4. The highest BCUT2D eigenvalue weighted by atomic mass is 16.4. The van der Waals surface area contributed by atoms with Crippen LogP contribution >= 0.6 is 0 Å². The minimum atomic E-state index is -1.74. The summed E-state index contributed by atoms with van der Waals surface area (Å²) in [4.78, 5) is 23.0. The van der Waals surface area contributed by atoms with Gasteiger partial charge in [-0.25, -0.2) is 4.79 Å². The molecule has 0 amide bonds. The molecule has 0 radical (unpaired) electrons. The van der Waals surface area contributed by atoms with Crippen molar-refractivity contribution in [3.63, 3.8) is 0 Å². The van der Waals surface area contributed by atoms with Crippen LogP contribution in [0.25, 0.3) is 0 Å². The van der Waals surface area contributed by atoms with E-state index in [0.29, 0.717) is 6.42 Å². The highest BCUT2D eigenvalue weighted by molar-refractivity contribution is 5.95. The molecule has 0 heterocycles. The van der Waals surface area contributed by atoms with Gasteiger partial charge in [0.15, 0.2) is 11.4 Å². The Hall–Kier alpha value is -1.90. The highest BCUT2D eigenvalue weighted by Crippen LogP contribution is 2.27. The molecule has 0 saturated heterocycles. The molecule has 4 nitrogen and oxygen atoms in total. The Balaban J connectivity index is 2.50. The molecule has 0 bridgehead atoms. The molecule has 144 valence electrons. The quantitative estimate of drug-likeness (QED) is 0.303. The Labute approximate surface area is 157 Å². The second kappa shape index (κ2) is 11.7. The molecule has 0 saturated carbocycles. The molecule has 2 N–H and O–H groups in total. The fourth-order valence-electron chi connectivity index (χ4n) is 2.96. The lowest BCUT2D eigenvalue weighted by atomic mass is 9.90. The number of ketones is 1. The van der Waals surface area contributed by atoms with E-state index in [2.05, 4.69) is 24.8 Å². The standard InChI is InChI=1S/C22H32O4/c1-3-5-6-7-8-10-13-18-15-16-20(23)19(18)14-11-9-12-17-22(26,4-2)21(24)25/h10-13,15-16,18-19,26H,3-8,14,17H2,1-2H3,(H,24,25)/t9?,18-,19+,22?/m0/s1. The Morgan fingerprint density at radius 1 is 1.27 bits per heavy atom. The number of hydrogen-bond acceptors (Lipinski definition) is 3. The van der Waals surface area contributed by atoms with Gasteiger partial charge in [0.2, 0.25) is 0 Å². The van der Waals surface area contributed by atoms with Gasteiger partial charge in [-0.15, -0.1) is 5.73 Å². The monoisotopic (exact) mass is 360 g/mol. The second-order valence-electron chi connectivity index (χ2n) is 6.93. The molecule has 0 aliphatic heterocycles. The number of rotatable bonds is 12. The van der Waals surface area contributed by atoms with Gasteiger partial charge in [-0.05, 0) is 43.9 Å². The molecular weight excluding hydrogens is 328 g/mol. The Kier molecular flexibility index (Phi) is 9.93. The molecule has 0 spiro atoms. The third kappa shape index (κ3) is 7.15. The number of carboxylic acids is 1. The van der Waals surface area contributed by atoms with E-state index in [1.807, 2.05) is 6.08 Å². The summed E-state index contributed by atoms with van der Waals surface area (Å²) in [6, 6.07) is 0. The van der Waals surface area contributed by atoms with E-state index in [1.165, 1.54) is 31.8 Å². The van der Waals surface area contributed by atoms with Crippen LogP contribution in [-0.2, 0) is 9.59 Å². The lowest BCUT2D eigenvalue weighted by Gasteiger charge is -2.18. The maximum atomic E-state index is 12.0. The first-order valence-corrected chi connectivity index (χ1v) is 9.68. The van der Waals surface area contributed by atoms with Gasteiger partial charge in [0.25, 0.3) is 0 Å². The van der Waals surface area contributed by atoms with Crippen molar-refractivity contribution in [1.82, 2.24) is 0 Å². The minimum absolute atomic E-state index is 0.00723. The Morgan fingerprint density at radius 2 is 2.04 bits per heavy atom. The summed E-state index contributed by atoms with van der Waals surface area (Å²) in [5.41, 5.74) is 1.17. The van der Waals surface area contributed by atoms with Crippen molar-refractivity contribution in [2.75, 3.05) is 0 Å². The molecule has 0 aromatic rings. The largest absolute Gasteiger partial charge is 0.479 e. The van der Waals surface area contributed by atoms with Crippen molar-refractivity contribution in [3.05, 3.63) is 42.2 Å². The zero-order chi connectivity index (χ0) is 19.4. The second-order valence-corrected chi connectivity index (χ2v) is 6.93. The first-order chi connectivity index (χ1) is 12.4. The summed E-state index contributed by atoms with van der Waals surface area (Å²) in [5.74, 6) is -1.08. The zero-order valence-electron chi connectivity index (χ0n) is 16.0. The van der Waals surface area contributed by atoms with E-state index in [1.54, 1.807) is 19.1 Å². The Bertz CT molecular complexity index is 581. The van der Waals surface area contributed by atoms with Crippen LogP contribution in [0.5, 0.6) is 0 Å². The average molecular weight is 360 g/mol. The lowest BCUT2D eigenvalue weighted by Crippen LogP contribution is -2.36. The highest BCUT2D eigenvalue weighted by Gasteiger charge is 2.32. The van der Waals surface area contributed by atoms with Gasteiger partial charge in [0.1, 0.15) is 0 Å². The maximum absolute atomic E-state index is 12.0. The Morgan fingerprint density at radius 3 is 2.69 bits per heavy atom. The third-order valence-corrected chi connectivity index (χ3v) is 4.93. The van der Waals surface area contributed by atoms with Crippen LogP contribution < -0.4 is 0 Å². The van der Waals surface area contributed by atoms with Crippen LogP contribution in [-0.4, -0.2) is 27.6 Å². The molecule has 0 fully saturated rings. The number of carbonyl (C=O) groups is 2. The van der Waals surface area contributed by atoms with Gasteiger partial charge in [-0.2, -0.15) is 0 Å². The summed E-state index contributed by atoms with van der Waals surface area (Å²) in [5, 5.41) is 18.9. The third-order valence-electron chi connectivity index (χ3n) is 4.93. The van der Waals surface area contributed by atoms with Gasteiger partial charge in [-0.3, -0.25) is 4.79 Å². The molecule has 26 heavy (non-hydrogen) atoms. The lowest BCUT2D eigenvalue weighted by molar-refractivity contribution is -0.158. The summed E-state index contributed by atoms with van der Waals surface area (Å²) >= 11 is 0. The van der Waals surface area contributed by atoms with Gasteiger partial charge in [0, 0.05) is 18.3 Å². The molecular formula is C22H32O4. The van der Waals surface area contributed by atoms with Gasteiger partial charge >= 0.3 is 5.97 Å². The maximum Gasteiger partial charge on any atom is 0.336 e. The fraction of sp³-hybridized carbons (Fsp3) is 0.591. The van der Waals surface area contributed by atoms with E-state index in [9.17, 15) is 14.7 Å². The van der Waals surface area contributed by atoms with E-state index < -0.39 is 11.6 Å². The van der Waals surface area contributed by atoms with Crippen LogP contribution in [0.15, 0.2) is 42.2 Å². The number of aliphatic hydroxyl groups is 1. The summed E-state index contributed by atoms with van der Waals surface area (Å²) in [6.07, 6.45) is 17.9. The van der Waals surface area contributed by atoms with Gasteiger partial charge in [-0.1, -0.05) is 51.3 Å². The van der Waals surface area contributed by atoms with E-state index >= 15 is 0 Å². The number of hydrogen-bond donors (Lipinski definition) is 2. The number of carbonyl (C=O) groups excluding carboxylic acids is 1. The van der Waals surface area contributed by atoms with Crippen LogP contribution in [0.4, 0.5) is 0 Å². The molecule has 4 heteroatoms. The van der Waals surface area contributed by atoms with Crippen molar-refractivity contribution < 1.29 is 19.8 Å². The van der Waals surface area contributed by atoms with Crippen LogP contribution in [0.2, 0.25) is 0 Å². The summed E-state index contributed by atoms with van der Waals surface area (Å²) < 4.78 is 0. The fourth-order valence-corrected chi connectivity index (χ4v) is 2.96. The SMILES string of the molecule is CCCCCCC=C[C@H]1C=CC(=O)[C@@H]1CC=C=CCC(O)(CC)C(=O)O. The van der Waals surface area contributed by atoms with Gasteiger partial charge < -0.3 is 10.2 Å². The van der Waals surface area contributed by atoms with Crippen molar-refractivity contribution in [3.8, 4) is 0 Å². The first-order valence-electron chi connectivity index (χ1n) is 9.68. The number of aliphatic carboxylic acids is 1. The van der Waals surface area contributed by atoms with Crippen molar-refractivity contribution in [2.24, 2.45) is 11.8 Å². The predicted octanol–water partition coefficient (Wildman–Crippen LogP) is 4.60. The van der Waals surface area contributed by atoms with Crippen LogP contribution in [0, 0.1) is 11.8 Å². The zero-order valence-corrected chi connectivity index (χ0v) is 16.0. The molecule has 1 rings (SSSR count). The minimum Gasteiger partial charge on any atom is -0.479 e. The van der Waals surface area contributed by atoms with Crippen molar-refractivity contribution in [1.29, 1.82) is 0 Å². The predicted molar refractivity (Wildman–Crippen MR) is 104 cm³/mol. The molecule has 1 unspecified atom stereocenters. The van der Waals surface area contributed by atoms with Gasteiger partial charge in [0.05, 0.1) is 0 Å². The molecule has 3 atom stereocenters. The van der Waals surface area contributed by atoms with Crippen molar-refractivity contribution >= 4 is 11.8 Å². The summed E-state index contributed by atoms with van der Waals surface area (Å²) in [7, 11) is 0. The smallest absolute Gasteiger partial charge is 0.336 e. The molecule has 1 aliphatic rings. The number of unbranched alkanes of at least 4 members (excludes halogenated alkanes) is 4. The summed E-state index contributed by atoms with van der Waals surface area (Å²) in [6.45, 7) is 3.83.